The van der Waals surface area contributed by atoms with Gasteiger partial charge in [-0.2, -0.15) is 18.4 Å². The average Bonchev–Trinajstić information content (AvgIpc) is 2.40. The molecule has 1 aromatic rings. The molecule has 1 saturated heterocycles. The van der Waals surface area contributed by atoms with Gasteiger partial charge >= 0.3 is 6.18 Å². The SMILES string of the molecule is CC1(C#N)CCN(Cc2cccc(F)c2C(F)(F)F)CC1. The lowest BCUT2D eigenvalue weighted by Crippen LogP contribution is -2.38. The van der Waals surface area contributed by atoms with E-state index in [0.29, 0.717) is 25.9 Å². The fraction of sp³-hybridized carbons (Fsp3) is 0.533. The van der Waals surface area contributed by atoms with Crippen molar-refractivity contribution in [1.29, 1.82) is 5.26 Å². The van der Waals surface area contributed by atoms with E-state index in [9.17, 15) is 17.6 Å². The number of piperidine rings is 1. The van der Waals surface area contributed by atoms with Gasteiger partial charge in [-0.3, -0.25) is 4.90 Å². The number of nitriles is 1. The van der Waals surface area contributed by atoms with Gasteiger partial charge in [-0.1, -0.05) is 12.1 Å². The summed E-state index contributed by atoms with van der Waals surface area (Å²) in [5.41, 5.74) is -1.65. The van der Waals surface area contributed by atoms with E-state index in [1.807, 2.05) is 11.8 Å². The van der Waals surface area contributed by atoms with Crippen LogP contribution in [0.1, 0.15) is 30.9 Å². The second kappa shape index (κ2) is 5.64. The number of nitrogens with zero attached hydrogens (tertiary/aromatic N) is 2. The lowest BCUT2D eigenvalue weighted by atomic mass is 9.82. The number of hydrogen-bond acceptors (Lipinski definition) is 2. The summed E-state index contributed by atoms with van der Waals surface area (Å²) in [6, 6.07) is 5.68. The van der Waals surface area contributed by atoms with Crippen LogP contribution in [0.2, 0.25) is 0 Å². The maximum absolute atomic E-state index is 13.5. The zero-order valence-electron chi connectivity index (χ0n) is 11.7. The molecule has 0 unspecified atom stereocenters. The van der Waals surface area contributed by atoms with Crippen LogP contribution in [0.4, 0.5) is 17.6 Å². The number of likely N-dealkylation sites (tertiary alicyclic amines) is 1. The predicted octanol–water partition coefficient (Wildman–Crippen LogP) is 3.97. The van der Waals surface area contributed by atoms with Crippen molar-refractivity contribution < 1.29 is 17.6 Å². The smallest absolute Gasteiger partial charge is 0.299 e. The van der Waals surface area contributed by atoms with Crippen LogP contribution in [0.3, 0.4) is 0 Å². The van der Waals surface area contributed by atoms with Crippen LogP contribution in [0, 0.1) is 22.6 Å². The van der Waals surface area contributed by atoms with Crippen LogP contribution in [-0.2, 0) is 12.7 Å². The number of rotatable bonds is 2. The van der Waals surface area contributed by atoms with Crippen molar-refractivity contribution in [3.05, 3.63) is 35.1 Å². The quantitative estimate of drug-likeness (QED) is 0.773. The summed E-state index contributed by atoms with van der Waals surface area (Å²) in [6.45, 7) is 2.98. The highest BCUT2D eigenvalue weighted by atomic mass is 19.4. The topological polar surface area (TPSA) is 27.0 Å². The first-order valence-electron chi connectivity index (χ1n) is 6.73. The maximum Gasteiger partial charge on any atom is 0.419 e. The van der Waals surface area contributed by atoms with Gasteiger partial charge in [-0.25, -0.2) is 4.39 Å². The largest absolute Gasteiger partial charge is 0.419 e. The van der Waals surface area contributed by atoms with Crippen molar-refractivity contribution in [2.24, 2.45) is 5.41 Å². The molecule has 1 heterocycles. The van der Waals surface area contributed by atoms with Crippen molar-refractivity contribution >= 4 is 0 Å². The summed E-state index contributed by atoms with van der Waals surface area (Å²) < 4.78 is 52.3. The third-order valence-electron chi connectivity index (χ3n) is 4.01. The predicted molar refractivity (Wildman–Crippen MR) is 69.6 cm³/mol. The van der Waals surface area contributed by atoms with E-state index in [1.54, 1.807) is 0 Å². The summed E-state index contributed by atoms with van der Waals surface area (Å²) in [6.07, 6.45) is -3.47. The van der Waals surface area contributed by atoms with Crippen LogP contribution in [0.25, 0.3) is 0 Å². The molecule has 0 atom stereocenters. The van der Waals surface area contributed by atoms with Crippen LogP contribution < -0.4 is 0 Å². The van der Waals surface area contributed by atoms with Gasteiger partial charge in [-0.15, -0.1) is 0 Å². The standard InChI is InChI=1S/C15H16F4N2/c1-14(10-20)5-7-21(8-6-14)9-11-3-2-4-12(16)13(11)15(17,18)19/h2-4H,5-9H2,1H3. The van der Waals surface area contributed by atoms with E-state index < -0.39 is 23.0 Å². The van der Waals surface area contributed by atoms with Crippen molar-refractivity contribution in [2.75, 3.05) is 13.1 Å². The van der Waals surface area contributed by atoms with Crippen LogP contribution in [0.15, 0.2) is 18.2 Å². The fourth-order valence-electron chi connectivity index (χ4n) is 2.58. The van der Waals surface area contributed by atoms with E-state index in [2.05, 4.69) is 6.07 Å². The number of halogens is 4. The van der Waals surface area contributed by atoms with Crippen molar-refractivity contribution in [3.63, 3.8) is 0 Å². The highest BCUT2D eigenvalue weighted by molar-refractivity contribution is 5.31. The molecule has 0 N–H and O–H groups in total. The van der Waals surface area contributed by atoms with Crippen molar-refractivity contribution in [3.8, 4) is 6.07 Å². The Morgan fingerprint density at radius 2 is 1.90 bits per heavy atom. The molecule has 2 nitrogen and oxygen atoms in total. The Morgan fingerprint density at radius 1 is 1.29 bits per heavy atom. The minimum Gasteiger partial charge on any atom is -0.299 e. The second-order valence-corrected chi connectivity index (χ2v) is 5.72. The second-order valence-electron chi connectivity index (χ2n) is 5.72. The lowest BCUT2D eigenvalue weighted by Gasteiger charge is -2.35. The van der Waals surface area contributed by atoms with Gasteiger partial charge in [0, 0.05) is 6.54 Å². The zero-order valence-corrected chi connectivity index (χ0v) is 11.7. The molecule has 21 heavy (non-hydrogen) atoms. The Balaban J connectivity index is 2.15. The van der Waals surface area contributed by atoms with E-state index in [0.717, 1.165) is 6.07 Å². The molecule has 0 saturated carbocycles. The van der Waals surface area contributed by atoms with Crippen LogP contribution >= 0.6 is 0 Å². The molecule has 0 spiro atoms. The molecule has 0 bridgehead atoms. The van der Waals surface area contributed by atoms with Gasteiger partial charge in [0.25, 0.3) is 0 Å². The van der Waals surface area contributed by atoms with Gasteiger partial charge in [0.05, 0.1) is 17.0 Å². The van der Waals surface area contributed by atoms with Crippen LogP contribution in [0.5, 0.6) is 0 Å². The van der Waals surface area contributed by atoms with Gasteiger partial charge in [-0.05, 0) is 44.5 Å². The highest BCUT2D eigenvalue weighted by Crippen LogP contribution is 2.36. The highest BCUT2D eigenvalue weighted by Gasteiger charge is 2.37. The molecule has 6 heteroatoms. The minimum atomic E-state index is -4.70. The molecule has 0 radical (unpaired) electrons. The molecule has 1 fully saturated rings. The molecule has 1 aromatic carbocycles. The minimum absolute atomic E-state index is 0.0497. The summed E-state index contributed by atoms with van der Waals surface area (Å²) in [4.78, 5) is 1.84. The Kier molecular flexibility index (Phi) is 4.24. The molecular formula is C15H16F4N2. The number of hydrogen-bond donors (Lipinski definition) is 0. The Labute approximate surface area is 121 Å². The molecule has 114 valence electrons. The van der Waals surface area contributed by atoms with E-state index in [-0.39, 0.29) is 12.1 Å². The van der Waals surface area contributed by atoms with Gasteiger partial charge in [0.2, 0.25) is 0 Å². The summed E-state index contributed by atoms with van der Waals surface area (Å²) in [7, 11) is 0. The Hall–Kier alpha value is -1.61. The average molecular weight is 300 g/mol. The van der Waals surface area contributed by atoms with Crippen molar-refractivity contribution in [1.82, 2.24) is 4.90 Å². The normalized spacial score (nSPS) is 19.2. The number of alkyl halides is 3. The van der Waals surface area contributed by atoms with Gasteiger partial charge < -0.3 is 0 Å². The van der Waals surface area contributed by atoms with Gasteiger partial charge in [0.1, 0.15) is 5.82 Å². The maximum atomic E-state index is 13.5. The molecule has 1 aliphatic heterocycles. The Morgan fingerprint density at radius 3 is 2.43 bits per heavy atom. The molecule has 2 rings (SSSR count). The third-order valence-corrected chi connectivity index (χ3v) is 4.01. The first kappa shape index (κ1) is 15.8. The Bertz CT molecular complexity index is 552. The molecule has 0 aromatic heterocycles. The fourth-order valence-corrected chi connectivity index (χ4v) is 2.58. The molecule has 0 aliphatic carbocycles. The van der Waals surface area contributed by atoms with E-state index in [1.165, 1.54) is 12.1 Å². The molecular weight excluding hydrogens is 284 g/mol. The number of benzene rings is 1. The molecule has 0 amide bonds. The van der Waals surface area contributed by atoms with E-state index in [4.69, 9.17) is 5.26 Å². The first-order chi connectivity index (χ1) is 9.75. The van der Waals surface area contributed by atoms with Crippen LogP contribution in [-0.4, -0.2) is 18.0 Å². The third kappa shape index (κ3) is 3.53. The lowest BCUT2D eigenvalue weighted by molar-refractivity contribution is -0.140. The monoisotopic (exact) mass is 300 g/mol. The summed E-state index contributed by atoms with van der Waals surface area (Å²) >= 11 is 0. The first-order valence-corrected chi connectivity index (χ1v) is 6.73. The van der Waals surface area contributed by atoms with Crippen molar-refractivity contribution in [2.45, 2.75) is 32.5 Å². The van der Waals surface area contributed by atoms with Gasteiger partial charge in [0.15, 0.2) is 0 Å². The summed E-state index contributed by atoms with van der Waals surface area (Å²) in [5.74, 6) is -1.24. The van der Waals surface area contributed by atoms with E-state index >= 15 is 0 Å². The summed E-state index contributed by atoms with van der Waals surface area (Å²) in [5, 5.41) is 9.05. The molecule has 1 aliphatic rings. The zero-order chi connectivity index (χ0) is 15.7.